The van der Waals surface area contributed by atoms with Crippen LogP contribution in [0, 0.1) is 5.41 Å². The number of hydrogen-bond acceptors (Lipinski definition) is 4. The Morgan fingerprint density at radius 2 is 2.05 bits per heavy atom. The highest BCUT2D eigenvalue weighted by molar-refractivity contribution is 7.91. The average molecular weight is 302 g/mol. The van der Waals surface area contributed by atoms with Gasteiger partial charge in [0.25, 0.3) is 0 Å². The third kappa shape index (κ3) is 4.87. The molecule has 1 saturated carbocycles. The van der Waals surface area contributed by atoms with Gasteiger partial charge in [-0.2, -0.15) is 0 Å². The predicted molar refractivity (Wildman–Crippen MR) is 78.8 cm³/mol. The Hall–Kier alpha value is -0.430. The van der Waals surface area contributed by atoms with Gasteiger partial charge in [0.05, 0.1) is 0 Å². The van der Waals surface area contributed by atoms with Crippen LogP contribution in [0.1, 0.15) is 39.2 Å². The van der Waals surface area contributed by atoms with Crippen LogP contribution >= 0.6 is 11.3 Å². The van der Waals surface area contributed by atoms with E-state index in [0.717, 1.165) is 12.1 Å². The summed E-state index contributed by atoms with van der Waals surface area (Å²) in [7, 11) is -3.35. The number of hydrogen-bond donors (Lipinski definition) is 2. The van der Waals surface area contributed by atoms with Crippen LogP contribution < -0.4 is 10.0 Å². The van der Waals surface area contributed by atoms with Crippen molar-refractivity contribution >= 4 is 21.4 Å². The van der Waals surface area contributed by atoms with E-state index < -0.39 is 10.0 Å². The molecule has 0 atom stereocenters. The molecule has 6 heteroatoms. The highest BCUT2D eigenvalue weighted by atomic mass is 32.2. The van der Waals surface area contributed by atoms with E-state index >= 15 is 0 Å². The average Bonchev–Trinajstić information content (AvgIpc) is 3.00. The quantitative estimate of drug-likeness (QED) is 0.848. The monoisotopic (exact) mass is 302 g/mol. The maximum absolute atomic E-state index is 12.1. The summed E-state index contributed by atoms with van der Waals surface area (Å²) >= 11 is 1.29. The standard InChI is InChI=1S/C13H22N2O2S2/c1-13(2,3)9-15-19(16,17)12-6-10(8-18-12)7-14-11-4-5-11/h6,8,11,14-15H,4-5,7,9H2,1-3H3. The minimum absolute atomic E-state index is 0.0549. The number of nitrogens with one attached hydrogen (secondary N) is 2. The molecule has 0 bridgehead atoms. The topological polar surface area (TPSA) is 58.2 Å². The number of sulfonamides is 1. The van der Waals surface area contributed by atoms with Gasteiger partial charge in [-0.1, -0.05) is 20.8 Å². The van der Waals surface area contributed by atoms with E-state index in [4.69, 9.17) is 0 Å². The van der Waals surface area contributed by atoms with E-state index in [1.54, 1.807) is 6.07 Å². The highest BCUT2D eigenvalue weighted by Gasteiger charge is 2.22. The van der Waals surface area contributed by atoms with E-state index in [2.05, 4.69) is 10.0 Å². The molecule has 1 heterocycles. The first-order chi connectivity index (χ1) is 8.76. The predicted octanol–water partition coefficient (Wildman–Crippen LogP) is 2.32. The molecule has 108 valence electrons. The minimum Gasteiger partial charge on any atom is -0.310 e. The van der Waals surface area contributed by atoms with Crippen LogP contribution in [-0.4, -0.2) is 21.0 Å². The van der Waals surface area contributed by atoms with Gasteiger partial charge in [0.15, 0.2) is 0 Å². The van der Waals surface area contributed by atoms with Crippen molar-refractivity contribution < 1.29 is 8.42 Å². The van der Waals surface area contributed by atoms with Crippen molar-refractivity contribution in [2.75, 3.05) is 6.54 Å². The summed E-state index contributed by atoms with van der Waals surface area (Å²) in [5, 5.41) is 5.30. The second-order valence-corrected chi connectivity index (χ2v) is 9.22. The number of thiophene rings is 1. The Balaban J connectivity index is 1.95. The molecule has 2 rings (SSSR count). The lowest BCUT2D eigenvalue weighted by atomic mass is 9.98. The molecule has 1 fully saturated rings. The molecular formula is C13H22N2O2S2. The Morgan fingerprint density at radius 1 is 1.37 bits per heavy atom. The molecule has 19 heavy (non-hydrogen) atoms. The van der Waals surface area contributed by atoms with Gasteiger partial charge in [0.1, 0.15) is 4.21 Å². The van der Waals surface area contributed by atoms with E-state index in [-0.39, 0.29) is 5.41 Å². The summed E-state index contributed by atoms with van der Waals surface area (Å²) in [6.45, 7) is 7.23. The molecule has 0 amide bonds. The first-order valence-corrected chi connectivity index (χ1v) is 8.93. The Bertz CT molecular complexity index is 525. The van der Waals surface area contributed by atoms with Crippen molar-refractivity contribution in [1.82, 2.24) is 10.0 Å². The van der Waals surface area contributed by atoms with Crippen molar-refractivity contribution in [1.29, 1.82) is 0 Å². The molecule has 1 aliphatic carbocycles. The molecule has 0 unspecified atom stereocenters. The fourth-order valence-corrected chi connectivity index (χ4v) is 4.06. The van der Waals surface area contributed by atoms with Crippen molar-refractivity contribution in [3.63, 3.8) is 0 Å². The molecule has 0 radical (unpaired) electrons. The summed E-state index contributed by atoms with van der Waals surface area (Å²) in [5.41, 5.74) is 0.994. The van der Waals surface area contributed by atoms with Crippen molar-refractivity contribution in [3.05, 3.63) is 17.0 Å². The zero-order chi connectivity index (χ0) is 14.1. The van der Waals surface area contributed by atoms with Gasteiger partial charge >= 0.3 is 0 Å². The molecule has 1 aliphatic rings. The summed E-state index contributed by atoms with van der Waals surface area (Å²) < 4.78 is 27.3. The summed E-state index contributed by atoms with van der Waals surface area (Å²) in [4.78, 5) is 0. The van der Waals surface area contributed by atoms with E-state index in [9.17, 15) is 8.42 Å². The van der Waals surface area contributed by atoms with Crippen molar-refractivity contribution in [2.24, 2.45) is 5.41 Å². The lowest BCUT2D eigenvalue weighted by Crippen LogP contribution is -2.31. The van der Waals surface area contributed by atoms with Gasteiger partial charge in [-0.25, -0.2) is 13.1 Å². The van der Waals surface area contributed by atoms with Gasteiger partial charge in [-0.3, -0.25) is 0 Å². The lowest BCUT2D eigenvalue weighted by Gasteiger charge is -2.18. The van der Waals surface area contributed by atoms with Gasteiger partial charge in [-0.05, 0) is 35.3 Å². The SMILES string of the molecule is CC(C)(C)CNS(=O)(=O)c1cc(CNC2CC2)cs1. The summed E-state index contributed by atoms with van der Waals surface area (Å²) in [5.74, 6) is 0. The molecule has 2 N–H and O–H groups in total. The van der Waals surface area contributed by atoms with E-state index in [1.807, 2.05) is 26.2 Å². The van der Waals surface area contributed by atoms with Crippen LogP contribution in [0.2, 0.25) is 0 Å². The molecule has 1 aromatic heterocycles. The maximum Gasteiger partial charge on any atom is 0.250 e. The fraction of sp³-hybridized carbons (Fsp3) is 0.692. The molecular weight excluding hydrogens is 280 g/mol. The Morgan fingerprint density at radius 3 is 2.63 bits per heavy atom. The van der Waals surface area contributed by atoms with Gasteiger partial charge < -0.3 is 5.32 Å². The van der Waals surface area contributed by atoms with Crippen LogP contribution in [-0.2, 0) is 16.6 Å². The van der Waals surface area contributed by atoms with Gasteiger partial charge in [0.2, 0.25) is 10.0 Å². The van der Waals surface area contributed by atoms with Crippen molar-refractivity contribution in [2.45, 2.75) is 50.4 Å². The van der Waals surface area contributed by atoms with Crippen LogP contribution in [0.5, 0.6) is 0 Å². The first-order valence-electron chi connectivity index (χ1n) is 6.57. The van der Waals surface area contributed by atoms with Crippen LogP contribution in [0.25, 0.3) is 0 Å². The molecule has 0 spiro atoms. The smallest absolute Gasteiger partial charge is 0.250 e. The Labute approximate surface area is 119 Å². The zero-order valence-electron chi connectivity index (χ0n) is 11.7. The minimum atomic E-state index is -3.35. The Kier molecular flexibility index (Phi) is 4.35. The normalized spacial score (nSPS) is 16.8. The third-order valence-electron chi connectivity index (χ3n) is 2.86. The third-order valence-corrected chi connectivity index (χ3v) is 5.75. The summed E-state index contributed by atoms with van der Waals surface area (Å²) in [6.07, 6.45) is 2.48. The fourth-order valence-electron chi connectivity index (χ4n) is 1.52. The molecule has 4 nitrogen and oxygen atoms in total. The van der Waals surface area contributed by atoms with Gasteiger partial charge in [0, 0.05) is 19.1 Å². The highest BCUT2D eigenvalue weighted by Crippen LogP contribution is 2.23. The van der Waals surface area contributed by atoms with Crippen molar-refractivity contribution in [3.8, 4) is 0 Å². The van der Waals surface area contributed by atoms with Crippen LogP contribution in [0.3, 0.4) is 0 Å². The summed E-state index contributed by atoms with van der Waals surface area (Å²) in [6, 6.07) is 2.41. The van der Waals surface area contributed by atoms with E-state index in [1.165, 1.54) is 24.2 Å². The number of rotatable bonds is 6. The van der Waals surface area contributed by atoms with Gasteiger partial charge in [-0.15, -0.1) is 11.3 Å². The first kappa shape index (κ1) is 15.0. The largest absolute Gasteiger partial charge is 0.310 e. The molecule has 1 aromatic rings. The zero-order valence-corrected chi connectivity index (χ0v) is 13.3. The van der Waals surface area contributed by atoms with Crippen LogP contribution in [0.15, 0.2) is 15.7 Å². The maximum atomic E-state index is 12.1. The molecule has 0 saturated heterocycles. The second kappa shape index (κ2) is 5.52. The second-order valence-electron chi connectivity index (χ2n) is 6.31. The molecule has 0 aromatic carbocycles. The molecule has 0 aliphatic heterocycles. The van der Waals surface area contributed by atoms with E-state index in [0.29, 0.717) is 16.8 Å². The lowest BCUT2D eigenvalue weighted by molar-refractivity contribution is 0.408. The van der Waals surface area contributed by atoms with Crippen LogP contribution in [0.4, 0.5) is 0 Å².